The standard InChI is InChI=1S/C17H27N5O2/c1-17(22-21-16(24)12-9-18-11-19-10-12)7-14(8-17)20-13-4-2-3-5-15(23)6-13/h9-11,13-15,20,22-23H,2-8H2,1H3,(H,21,24). The molecule has 1 heterocycles. The van der Waals surface area contributed by atoms with Crippen LogP contribution in [0.1, 0.15) is 62.2 Å². The van der Waals surface area contributed by atoms with Gasteiger partial charge in [-0.05, 0) is 39.0 Å². The number of carbonyl (C=O) groups excluding carboxylic acids is 1. The molecule has 24 heavy (non-hydrogen) atoms. The van der Waals surface area contributed by atoms with E-state index in [9.17, 15) is 9.90 Å². The summed E-state index contributed by atoms with van der Waals surface area (Å²) in [4.78, 5) is 19.7. The van der Waals surface area contributed by atoms with Crippen molar-refractivity contribution < 1.29 is 9.90 Å². The number of nitrogens with one attached hydrogen (secondary N) is 3. The lowest BCUT2D eigenvalue weighted by molar-refractivity contribution is 0.0783. The average Bonchev–Trinajstić information content (AvgIpc) is 2.76. The molecule has 2 fully saturated rings. The zero-order valence-electron chi connectivity index (χ0n) is 14.2. The van der Waals surface area contributed by atoms with Gasteiger partial charge in [-0.1, -0.05) is 12.8 Å². The van der Waals surface area contributed by atoms with Gasteiger partial charge in [-0.15, -0.1) is 0 Å². The molecule has 0 bridgehead atoms. The Labute approximate surface area is 142 Å². The van der Waals surface area contributed by atoms with E-state index in [0.717, 1.165) is 38.5 Å². The fraction of sp³-hybridized carbons (Fsp3) is 0.706. The maximum absolute atomic E-state index is 12.0. The van der Waals surface area contributed by atoms with Crippen molar-refractivity contribution in [2.45, 2.75) is 75.6 Å². The number of nitrogens with zero attached hydrogens (tertiary/aromatic N) is 2. The van der Waals surface area contributed by atoms with Crippen molar-refractivity contribution >= 4 is 5.91 Å². The Balaban J connectivity index is 1.40. The first-order chi connectivity index (χ1) is 11.5. The van der Waals surface area contributed by atoms with Gasteiger partial charge >= 0.3 is 0 Å². The lowest BCUT2D eigenvalue weighted by Gasteiger charge is -2.47. The molecule has 1 aromatic rings. The highest BCUT2D eigenvalue weighted by atomic mass is 16.3. The third kappa shape index (κ3) is 4.49. The van der Waals surface area contributed by atoms with Gasteiger partial charge in [0.2, 0.25) is 0 Å². The van der Waals surface area contributed by atoms with E-state index < -0.39 is 0 Å². The molecule has 0 spiro atoms. The maximum atomic E-state index is 12.0. The van der Waals surface area contributed by atoms with Crippen LogP contribution in [0.15, 0.2) is 18.7 Å². The van der Waals surface area contributed by atoms with Crippen molar-refractivity contribution in [1.29, 1.82) is 0 Å². The third-order valence-corrected chi connectivity index (χ3v) is 5.06. The predicted molar refractivity (Wildman–Crippen MR) is 90.1 cm³/mol. The fourth-order valence-corrected chi connectivity index (χ4v) is 3.76. The van der Waals surface area contributed by atoms with Crippen molar-refractivity contribution in [3.8, 4) is 0 Å². The van der Waals surface area contributed by atoms with Gasteiger partial charge in [-0.3, -0.25) is 10.2 Å². The van der Waals surface area contributed by atoms with E-state index in [1.54, 1.807) is 0 Å². The molecule has 0 saturated heterocycles. The predicted octanol–water partition coefficient (Wildman–Crippen LogP) is 0.915. The third-order valence-electron chi connectivity index (χ3n) is 5.06. The first-order valence-electron chi connectivity index (χ1n) is 8.81. The van der Waals surface area contributed by atoms with Crippen LogP contribution in [-0.4, -0.2) is 44.7 Å². The number of amides is 1. The zero-order valence-corrected chi connectivity index (χ0v) is 14.2. The van der Waals surface area contributed by atoms with E-state index >= 15 is 0 Å². The fourth-order valence-electron chi connectivity index (χ4n) is 3.76. The Morgan fingerprint density at radius 3 is 2.67 bits per heavy atom. The van der Waals surface area contributed by atoms with Crippen LogP contribution in [0.4, 0.5) is 0 Å². The van der Waals surface area contributed by atoms with Crippen LogP contribution in [0.2, 0.25) is 0 Å². The molecular weight excluding hydrogens is 306 g/mol. The minimum atomic E-state index is -0.222. The number of carbonyl (C=O) groups is 1. The number of aliphatic hydroxyl groups is 1. The normalized spacial score (nSPS) is 33.3. The molecule has 2 aliphatic rings. The van der Waals surface area contributed by atoms with E-state index in [-0.39, 0.29) is 17.6 Å². The first kappa shape index (κ1) is 17.3. The van der Waals surface area contributed by atoms with Crippen LogP contribution < -0.4 is 16.2 Å². The van der Waals surface area contributed by atoms with E-state index in [2.05, 4.69) is 33.1 Å². The SMILES string of the molecule is CC1(NNC(=O)c2cncnc2)CC(NC2CCCCC(O)C2)C1. The summed E-state index contributed by atoms with van der Waals surface area (Å²) in [6.45, 7) is 2.11. The molecule has 132 valence electrons. The van der Waals surface area contributed by atoms with Gasteiger partial charge in [0, 0.05) is 30.0 Å². The zero-order chi connectivity index (χ0) is 17.0. The molecule has 0 radical (unpaired) electrons. The van der Waals surface area contributed by atoms with Crippen LogP contribution in [0, 0.1) is 0 Å². The summed E-state index contributed by atoms with van der Waals surface area (Å²) in [6, 6.07) is 0.850. The van der Waals surface area contributed by atoms with Gasteiger partial charge in [-0.2, -0.15) is 0 Å². The van der Waals surface area contributed by atoms with Crippen LogP contribution in [0.5, 0.6) is 0 Å². The molecule has 7 nitrogen and oxygen atoms in total. The molecule has 7 heteroatoms. The average molecular weight is 333 g/mol. The van der Waals surface area contributed by atoms with Gasteiger partial charge in [0.05, 0.1) is 11.7 Å². The summed E-state index contributed by atoms with van der Waals surface area (Å²) in [6.07, 6.45) is 11.4. The van der Waals surface area contributed by atoms with Crippen molar-refractivity contribution in [3.05, 3.63) is 24.3 Å². The topological polar surface area (TPSA) is 99.2 Å². The van der Waals surface area contributed by atoms with Gasteiger partial charge in [0.1, 0.15) is 6.33 Å². The lowest BCUT2D eigenvalue weighted by Crippen LogP contribution is -2.65. The molecule has 2 aliphatic carbocycles. The van der Waals surface area contributed by atoms with E-state index in [1.807, 2.05) is 0 Å². The molecule has 3 rings (SSSR count). The quantitative estimate of drug-likeness (QED) is 0.472. The minimum Gasteiger partial charge on any atom is -0.393 e. The molecule has 2 unspecified atom stereocenters. The second-order valence-corrected chi connectivity index (χ2v) is 7.41. The highest BCUT2D eigenvalue weighted by Crippen LogP contribution is 2.32. The van der Waals surface area contributed by atoms with Crippen LogP contribution in [-0.2, 0) is 0 Å². The summed E-state index contributed by atoms with van der Waals surface area (Å²) in [5.41, 5.74) is 6.22. The second-order valence-electron chi connectivity index (χ2n) is 7.41. The van der Waals surface area contributed by atoms with Gasteiger partial charge in [-0.25, -0.2) is 15.4 Å². The largest absolute Gasteiger partial charge is 0.393 e. The number of hydrogen-bond acceptors (Lipinski definition) is 6. The first-order valence-corrected chi connectivity index (χ1v) is 8.81. The molecule has 1 amide bonds. The monoisotopic (exact) mass is 333 g/mol. The van der Waals surface area contributed by atoms with E-state index in [1.165, 1.54) is 25.1 Å². The number of aromatic nitrogens is 2. The summed E-state index contributed by atoms with van der Waals surface area (Å²) in [5, 5.41) is 13.6. The Morgan fingerprint density at radius 1 is 1.21 bits per heavy atom. The highest BCUT2D eigenvalue weighted by molar-refractivity contribution is 5.93. The molecule has 2 atom stereocenters. The van der Waals surface area contributed by atoms with Crippen molar-refractivity contribution in [3.63, 3.8) is 0 Å². The van der Waals surface area contributed by atoms with Crippen LogP contribution >= 0.6 is 0 Å². The summed E-state index contributed by atoms with van der Waals surface area (Å²) >= 11 is 0. The number of rotatable bonds is 5. The Morgan fingerprint density at radius 2 is 1.92 bits per heavy atom. The molecule has 1 aromatic heterocycles. The molecule has 2 saturated carbocycles. The van der Waals surface area contributed by atoms with Gasteiger partial charge < -0.3 is 10.4 Å². The van der Waals surface area contributed by atoms with Crippen LogP contribution in [0.25, 0.3) is 0 Å². The number of hydrazine groups is 1. The Hall–Kier alpha value is -1.57. The molecule has 0 aromatic carbocycles. The van der Waals surface area contributed by atoms with Crippen LogP contribution in [0.3, 0.4) is 0 Å². The van der Waals surface area contributed by atoms with Crippen molar-refractivity contribution in [1.82, 2.24) is 26.1 Å². The summed E-state index contributed by atoms with van der Waals surface area (Å²) < 4.78 is 0. The maximum Gasteiger partial charge on any atom is 0.268 e. The highest BCUT2D eigenvalue weighted by Gasteiger charge is 2.41. The molecular formula is C17H27N5O2. The Kier molecular flexibility index (Phi) is 5.43. The molecule has 4 N–H and O–H groups in total. The minimum absolute atomic E-state index is 0.105. The van der Waals surface area contributed by atoms with Gasteiger partial charge in [0.25, 0.3) is 5.91 Å². The van der Waals surface area contributed by atoms with Crippen molar-refractivity contribution in [2.75, 3.05) is 0 Å². The Bertz CT molecular complexity index is 547. The van der Waals surface area contributed by atoms with E-state index in [4.69, 9.17) is 0 Å². The number of aliphatic hydroxyl groups excluding tert-OH is 1. The number of hydrogen-bond donors (Lipinski definition) is 4. The molecule has 0 aliphatic heterocycles. The second kappa shape index (κ2) is 7.55. The summed E-state index contributed by atoms with van der Waals surface area (Å²) in [5.74, 6) is -0.222. The van der Waals surface area contributed by atoms with Gasteiger partial charge in [0.15, 0.2) is 0 Å². The van der Waals surface area contributed by atoms with Crippen molar-refractivity contribution in [2.24, 2.45) is 0 Å². The summed E-state index contributed by atoms with van der Waals surface area (Å²) in [7, 11) is 0. The smallest absolute Gasteiger partial charge is 0.268 e. The lowest BCUT2D eigenvalue weighted by atomic mass is 9.74. The van der Waals surface area contributed by atoms with E-state index in [0.29, 0.717) is 17.6 Å².